The van der Waals surface area contributed by atoms with E-state index in [0.717, 1.165) is 50.3 Å². The molecular formula is C33H41F3N2O3. The van der Waals surface area contributed by atoms with E-state index in [9.17, 15) is 22.8 Å². The first kappa shape index (κ1) is 29.6. The quantitative estimate of drug-likeness (QED) is 0.349. The van der Waals surface area contributed by atoms with Crippen LogP contribution in [0.1, 0.15) is 111 Å². The minimum absolute atomic E-state index is 0.0443. The first-order valence-corrected chi connectivity index (χ1v) is 14.8. The van der Waals surface area contributed by atoms with Crippen molar-refractivity contribution in [1.82, 2.24) is 9.88 Å². The van der Waals surface area contributed by atoms with E-state index in [1.165, 1.54) is 17.2 Å². The number of amides is 1. The summed E-state index contributed by atoms with van der Waals surface area (Å²) in [4.78, 5) is 30.8. The molecule has 2 saturated carbocycles. The molecule has 1 aromatic heterocycles. The molecule has 1 amide bonds. The van der Waals surface area contributed by atoms with Gasteiger partial charge in [-0.1, -0.05) is 13.0 Å². The van der Waals surface area contributed by atoms with Crippen LogP contribution in [0.15, 0.2) is 36.7 Å². The minimum Gasteiger partial charge on any atom is -0.460 e. The molecule has 41 heavy (non-hydrogen) atoms. The molecule has 0 radical (unpaired) electrons. The van der Waals surface area contributed by atoms with Crippen molar-refractivity contribution in [2.45, 2.75) is 96.3 Å². The minimum atomic E-state index is -4.39. The van der Waals surface area contributed by atoms with Gasteiger partial charge in [0, 0.05) is 31.5 Å². The van der Waals surface area contributed by atoms with Gasteiger partial charge < -0.3 is 9.64 Å². The Balaban J connectivity index is 1.28. The highest BCUT2D eigenvalue weighted by molar-refractivity contribution is 5.94. The van der Waals surface area contributed by atoms with Crippen LogP contribution in [0.2, 0.25) is 0 Å². The number of benzene rings is 1. The second-order valence-electron chi connectivity index (χ2n) is 13.6. The van der Waals surface area contributed by atoms with E-state index in [-0.39, 0.29) is 29.6 Å². The van der Waals surface area contributed by atoms with Crippen LogP contribution in [-0.2, 0) is 22.1 Å². The number of aromatic nitrogens is 1. The van der Waals surface area contributed by atoms with Crippen LogP contribution in [0.25, 0.3) is 0 Å². The number of esters is 1. The van der Waals surface area contributed by atoms with Crippen molar-refractivity contribution in [3.8, 4) is 0 Å². The number of ether oxygens (including phenoxy) is 1. The second kappa shape index (κ2) is 10.7. The number of aryl methyl sites for hydroxylation is 1. The Bertz CT molecular complexity index is 1320. The average Bonchev–Trinajstić information content (AvgIpc) is 3.26. The standard InChI is InChI=1S/C33H41F3N2O3/c1-31(2,3)41-29(39)13-15-38(5)30(40)21-7-8-24-20(16-21)6-9-26-25(24)12-14-32(4)27(10-11-28(26)32)22-17-23(19-37-18-22)33(34,35)36/h7-8,16-19,25-28H,6,9-15H2,1-5H3. The summed E-state index contributed by atoms with van der Waals surface area (Å²) in [6, 6.07) is 7.37. The summed E-state index contributed by atoms with van der Waals surface area (Å²) in [5.41, 5.74) is 2.63. The molecule has 5 atom stereocenters. The zero-order chi connectivity index (χ0) is 29.7. The van der Waals surface area contributed by atoms with Gasteiger partial charge in [-0.25, -0.2) is 0 Å². The molecule has 0 aliphatic heterocycles. The lowest BCUT2D eigenvalue weighted by molar-refractivity contribution is -0.155. The van der Waals surface area contributed by atoms with Gasteiger partial charge in [-0.05, 0) is 123 Å². The number of nitrogens with zero attached hydrogens (tertiary/aromatic N) is 2. The number of fused-ring (bicyclic) bond motifs is 5. The van der Waals surface area contributed by atoms with Crippen LogP contribution in [0.5, 0.6) is 0 Å². The Hall–Kier alpha value is -2.90. The number of hydrogen-bond donors (Lipinski definition) is 0. The molecule has 0 spiro atoms. The van der Waals surface area contributed by atoms with Gasteiger partial charge in [-0.3, -0.25) is 14.6 Å². The van der Waals surface area contributed by atoms with E-state index in [0.29, 0.717) is 29.9 Å². The van der Waals surface area contributed by atoms with E-state index < -0.39 is 17.3 Å². The molecule has 2 fully saturated rings. The normalized spacial score (nSPS) is 27.4. The zero-order valence-corrected chi connectivity index (χ0v) is 24.7. The van der Waals surface area contributed by atoms with Crippen LogP contribution in [0.3, 0.4) is 0 Å². The van der Waals surface area contributed by atoms with Gasteiger partial charge in [0.1, 0.15) is 5.60 Å². The van der Waals surface area contributed by atoms with Crippen molar-refractivity contribution < 1.29 is 27.5 Å². The van der Waals surface area contributed by atoms with Crippen molar-refractivity contribution in [3.05, 3.63) is 64.5 Å². The number of alkyl halides is 3. The largest absolute Gasteiger partial charge is 0.460 e. The third-order valence-corrected chi connectivity index (χ3v) is 9.88. The van der Waals surface area contributed by atoms with Crippen molar-refractivity contribution in [2.75, 3.05) is 13.6 Å². The maximum Gasteiger partial charge on any atom is 0.417 e. The predicted octanol–water partition coefficient (Wildman–Crippen LogP) is 7.54. The Kier molecular flexibility index (Phi) is 7.75. The van der Waals surface area contributed by atoms with Crippen molar-refractivity contribution >= 4 is 11.9 Å². The SMILES string of the molecule is CN(CCC(=O)OC(C)(C)C)C(=O)c1ccc2c(c1)CCC1C2CCC2(C)C(c3cncc(C(F)(F)F)c3)CCC12. The topological polar surface area (TPSA) is 59.5 Å². The van der Waals surface area contributed by atoms with Gasteiger partial charge in [-0.2, -0.15) is 13.2 Å². The lowest BCUT2D eigenvalue weighted by atomic mass is 9.53. The van der Waals surface area contributed by atoms with Crippen molar-refractivity contribution in [2.24, 2.45) is 17.3 Å². The highest BCUT2D eigenvalue weighted by Gasteiger charge is 2.55. The summed E-state index contributed by atoms with van der Waals surface area (Å²) in [5, 5.41) is 0. The molecule has 0 bridgehead atoms. The summed E-state index contributed by atoms with van der Waals surface area (Å²) in [6.45, 7) is 8.05. The molecular weight excluding hydrogens is 529 g/mol. The highest BCUT2D eigenvalue weighted by Crippen LogP contribution is 2.65. The van der Waals surface area contributed by atoms with Crippen molar-refractivity contribution in [3.63, 3.8) is 0 Å². The lowest BCUT2D eigenvalue weighted by Crippen LogP contribution is -2.41. The molecule has 2 aromatic rings. The lowest BCUT2D eigenvalue weighted by Gasteiger charge is -2.51. The highest BCUT2D eigenvalue weighted by atomic mass is 19.4. The third-order valence-electron chi connectivity index (χ3n) is 9.88. The molecule has 0 saturated heterocycles. The first-order valence-electron chi connectivity index (χ1n) is 14.8. The Morgan fingerprint density at radius 1 is 1.07 bits per heavy atom. The third kappa shape index (κ3) is 5.89. The van der Waals surface area contributed by atoms with Crippen molar-refractivity contribution in [1.29, 1.82) is 0 Å². The van der Waals surface area contributed by atoms with Gasteiger partial charge >= 0.3 is 12.1 Å². The van der Waals surface area contributed by atoms with Crippen LogP contribution < -0.4 is 0 Å². The zero-order valence-electron chi connectivity index (χ0n) is 24.7. The summed E-state index contributed by atoms with van der Waals surface area (Å²) >= 11 is 0. The molecule has 8 heteroatoms. The fourth-order valence-electron chi connectivity index (χ4n) is 8.04. The maximum absolute atomic E-state index is 13.4. The summed E-state index contributed by atoms with van der Waals surface area (Å²) in [7, 11) is 1.71. The summed E-state index contributed by atoms with van der Waals surface area (Å²) < 4.78 is 45.6. The van der Waals surface area contributed by atoms with Crippen LogP contribution >= 0.6 is 0 Å². The molecule has 5 nitrogen and oxygen atoms in total. The summed E-state index contributed by atoms with van der Waals surface area (Å²) in [5.74, 6) is 1.00. The summed E-state index contributed by atoms with van der Waals surface area (Å²) in [6.07, 6.45) is 4.11. The van der Waals surface area contributed by atoms with E-state index in [4.69, 9.17) is 4.74 Å². The number of pyridine rings is 1. The number of hydrogen-bond acceptors (Lipinski definition) is 4. The van der Waals surface area contributed by atoms with E-state index in [1.54, 1.807) is 18.1 Å². The molecule has 5 unspecified atom stereocenters. The predicted molar refractivity (Wildman–Crippen MR) is 150 cm³/mol. The molecule has 5 rings (SSSR count). The number of rotatable bonds is 5. The number of carbonyl (C=O) groups is 2. The fourth-order valence-corrected chi connectivity index (χ4v) is 8.04. The number of carbonyl (C=O) groups excluding carboxylic acids is 2. The van der Waals surface area contributed by atoms with E-state index in [1.807, 2.05) is 32.9 Å². The molecule has 3 aliphatic rings. The van der Waals surface area contributed by atoms with Gasteiger partial charge in [-0.15, -0.1) is 0 Å². The van der Waals surface area contributed by atoms with Crippen LogP contribution in [0, 0.1) is 17.3 Å². The molecule has 222 valence electrons. The molecule has 1 heterocycles. The van der Waals surface area contributed by atoms with E-state index >= 15 is 0 Å². The first-order chi connectivity index (χ1) is 19.2. The molecule has 0 N–H and O–H groups in total. The van der Waals surface area contributed by atoms with Gasteiger partial charge in [0.05, 0.1) is 12.0 Å². The fraction of sp³-hybridized carbons (Fsp3) is 0.606. The Morgan fingerprint density at radius 3 is 2.54 bits per heavy atom. The smallest absolute Gasteiger partial charge is 0.417 e. The molecule has 1 aromatic carbocycles. The van der Waals surface area contributed by atoms with Gasteiger partial charge in [0.2, 0.25) is 0 Å². The Labute approximate surface area is 240 Å². The second-order valence-corrected chi connectivity index (χ2v) is 13.6. The average molecular weight is 571 g/mol. The van der Waals surface area contributed by atoms with Crippen LogP contribution in [-0.4, -0.2) is 41.0 Å². The van der Waals surface area contributed by atoms with Gasteiger partial charge in [0.15, 0.2) is 0 Å². The van der Waals surface area contributed by atoms with E-state index in [2.05, 4.69) is 18.0 Å². The monoisotopic (exact) mass is 570 g/mol. The van der Waals surface area contributed by atoms with Gasteiger partial charge in [0.25, 0.3) is 5.91 Å². The molecule has 3 aliphatic carbocycles. The Morgan fingerprint density at radius 2 is 1.83 bits per heavy atom. The van der Waals surface area contributed by atoms with Crippen LogP contribution in [0.4, 0.5) is 13.2 Å². The maximum atomic E-state index is 13.4. The number of halogens is 3.